The fourth-order valence-electron chi connectivity index (χ4n) is 3.08. The van der Waals surface area contributed by atoms with Gasteiger partial charge in [-0.25, -0.2) is 4.98 Å². The van der Waals surface area contributed by atoms with Gasteiger partial charge in [-0.15, -0.1) is 0 Å². The van der Waals surface area contributed by atoms with E-state index in [2.05, 4.69) is 25.4 Å². The molecule has 6 heteroatoms. The summed E-state index contributed by atoms with van der Waals surface area (Å²) in [6, 6.07) is 17.6. The predicted molar refractivity (Wildman–Crippen MR) is 96.3 cm³/mol. The first-order chi connectivity index (χ1) is 12.3. The highest BCUT2D eigenvalue weighted by atomic mass is 16.2. The van der Waals surface area contributed by atoms with Gasteiger partial charge in [-0.2, -0.15) is 5.10 Å². The second kappa shape index (κ2) is 6.76. The maximum Gasteiger partial charge on any atom is 0.269 e. The molecule has 1 saturated heterocycles. The number of carbonyl (C=O) groups is 1. The SMILES string of the molecule is O=C(NC1CCN(c2ccccn2)C1)c1cc(-c2ccccc2)n[nH]1. The normalized spacial score (nSPS) is 16.8. The van der Waals surface area contributed by atoms with Crippen LogP contribution < -0.4 is 10.2 Å². The molecule has 0 bridgehead atoms. The van der Waals surface area contributed by atoms with Crippen LogP contribution in [0, 0.1) is 0 Å². The molecule has 1 atom stereocenters. The van der Waals surface area contributed by atoms with E-state index in [1.807, 2.05) is 48.5 Å². The van der Waals surface area contributed by atoms with Crippen molar-refractivity contribution in [1.29, 1.82) is 0 Å². The van der Waals surface area contributed by atoms with Gasteiger partial charge in [0.15, 0.2) is 0 Å². The summed E-state index contributed by atoms with van der Waals surface area (Å²) in [6.07, 6.45) is 2.69. The Kier molecular flexibility index (Phi) is 4.16. The largest absolute Gasteiger partial charge is 0.354 e. The number of nitrogens with one attached hydrogen (secondary N) is 2. The first kappa shape index (κ1) is 15.4. The number of amides is 1. The van der Waals surface area contributed by atoms with Gasteiger partial charge in [0.1, 0.15) is 11.5 Å². The van der Waals surface area contributed by atoms with Crippen molar-refractivity contribution in [2.45, 2.75) is 12.5 Å². The molecular formula is C19H19N5O. The minimum absolute atomic E-state index is 0.109. The summed E-state index contributed by atoms with van der Waals surface area (Å²) in [5, 5.41) is 10.2. The number of aromatic nitrogens is 3. The fraction of sp³-hybridized carbons (Fsp3) is 0.211. The van der Waals surface area contributed by atoms with Gasteiger partial charge in [-0.1, -0.05) is 36.4 Å². The fourth-order valence-corrected chi connectivity index (χ4v) is 3.08. The molecular weight excluding hydrogens is 314 g/mol. The van der Waals surface area contributed by atoms with E-state index in [1.165, 1.54) is 0 Å². The number of H-pyrrole nitrogens is 1. The van der Waals surface area contributed by atoms with Crippen LogP contribution in [0.1, 0.15) is 16.9 Å². The van der Waals surface area contributed by atoms with Crippen LogP contribution in [0.5, 0.6) is 0 Å². The summed E-state index contributed by atoms with van der Waals surface area (Å²) in [7, 11) is 0. The molecule has 0 saturated carbocycles. The number of benzene rings is 1. The Labute approximate surface area is 145 Å². The molecule has 126 valence electrons. The maximum atomic E-state index is 12.5. The van der Waals surface area contributed by atoms with Gasteiger partial charge < -0.3 is 10.2 Å². The molecule has 3 aromatic rings. The number of nitrogens with zero attached hydrogens (tertiary/aromatic N) is 3. The molecule has 1 aliphatic rings. The number of rotatable bonds is 4. The lowest BCUT2D eigenvalue weighted by Gasteiger charge is -2.17. The quantitative estimate of drug-likeness (QED) is 0.769. The first-order valence-electron chi connectivity index (χ1n) is 8.37. The Hall–Kier alpha value is -3.15. The zero-order chi connectivity index (χ0) is 17.1. The molecule has 0 aliphatic carbocycles. The van der Waals surface area contributed by atoms with E-state index < -0.39 is 0 Å². The number of carbonyl (C=O) groups excluding carboxylic acids is 1. The lowest BCUT2D eigenvalue weighted by molar-refractivity contribution is 0.0935. The number of hydrogen-bond acceptors (Lipinski definition) is 4. The van der Waals surface area contributed by atoms with E-state index in [-0.39, 0.29) is 11.9 Å². The molecule has 3 heterocycles. The van der Waals surface area contributed by atoms with E-state index in [1.54, 1.807) is 12.3 Å². The van der Waals surface area contributed by atoms with Crippen molar-refractivity contribution >= 4 is 11.7 Å². The van der Waals surface area contributed by atoms with Crippen molar-refractivity contribution in [2.75, 3.05) is 18.0 Å². The number of aromatic amines is 1. The summed E-state index contributed by atoms with van der Waals surface area (Å²) in [5.41, 5.74) is 2.24. The minimum Gasteiger partial charge on any atom is -0.354 e. The van der Waals surface area contributed by atoms with Crippen LogP contribution in [-0.4, -0.2) is 40.2 Å². The van der Waals surface area contributed by atoms with Crippen molar-refractivity contribution in [3.05, 3.63) is 66.5 Å². The van der Waals surface area contributed by atoms with Crippen LogP contribution in [0.4, 0.5) is 5.82 Å². The molecule has 1 aromatic carbocycles. The van der Waals surface area contributed by atoms with Crippen molar-refractivity contribution in [2.24, 2.45) is 0 Å². The average Bonchev–Trinajstić information content (AvgIpc) is 3.33. The molecule has 0 radical (unpaired) electrons. The Bertz CT molecular complexity index is 847. The Morgan fingerprint density at radius 3 is 2.80 bits per heavy atom. The van der Waals surface area contributed by atoms with Crippen LogP contribution in [-0.2, 0) is 0 Å². The lowest BCUT2D eigenvalue weighted by Crippen LogP contribution is -2.37. The maximum absolute atomic E-state index is 12.5. The molecule has 6 nitrogen and oxygen atoms in total. The Balaban J connectivity index is 1.39. The van der Waals surface area contributed by atoms with Crippen LogP contribution >= 0.6 is 0 Å². The molecule has 0 spiro atoms. The van der Waals surface area contributed by atoms with Crippen LogP contribution in [0.15, 0.2) is 60.8 Å². The van der Waals surface area contributed by atoms with Crippen LogP contribution in [0.2, 0.25) is 0 Å². The van der Waals surface area contributed by atoms with Gasteiger partial charge in [0.2, 0.25) is 0 Å². The highest BCUT2D eigenvalue weighted by Gasteiger charge is 2.25. The van der Waals surface area contributed by atoms with E-state index in [9.17, 15) is 4.79 Å². The molecule has 1 fully saturated rings. The monoisotopic (exact) mass is 333 g/mol. The molecule has 2 N–H and O–H groups in total. The molecule has 1 amide bonds. The lowest BCUT2D eigenvalue weighted by atomic mass is 10.1. The second-order valence-corrected chi connectivity index (χ2v) is 6.13. The third-order valence-electron chi connectivity index (χ3n) is 4.39. The Morgan fingerprint density at radius 2 is 2.00 bits per heavy atom. The van der Waals surface area contributed by atoms with Gasteiger partial charge in [0, 0.05) is 30.9 Å². The van der Waals surface area contributed by atoms with Crippen LogP contribution in [0.3, 0.4) is 0 Å². The van der Waals surface area contributed by atoms with E-state index in [4.69, 9.17) is 0 Å². The van der Waals surface area contributed by atoms with Gasteiger partial charge in [0.25, 0.3) is 5.91 Å². The zero-order valence-corrected chi connectivity index (χ0v) is 13.7. The van der Waals surface area contributed by atoms with Crippen molar-refractivity contribution in [1.82, 2.24) is 20.5 Å². The Morgan fingerprint density at radius 1 is 1.16 bits per heavy atom. The standard InChI is InChI=1S/C19H19N5O/c25-19(17-12-16(22-23-17)14-6-2-1-3-7-14)21-15-9-11-24(13-15)18-8-4-5-10-20-18/h1-8,10,12,15H,9,11,13H2,(H,21,25)(H,22,23). The first-order valence-corrected chi connectivity index (χ1v) is 8.37. The summed E-state index contributed by atoms with van der Waals surface area (Å²) >= 11 is 0. The molecule has 25 heavy (non-hydrogen) atoms. The summed E-state index contributed by atoms with van der Waals surface area (Å²) in [4.78, 5) is 19.0. The minimum atomic E-state index is -0.123. The van der Waals surface area contributed by atoms with E-state index in [0.717, 1.165) is 36.6 Å². The number of pyridine rings is 1. The molecule has 1 aliphatic heterocycles. The average molecular weight is 333 g/mol. The zero-order valence-electron chi connectivity index (χ0n) is 13.7. The number of hydrogen-bond donors (Lipinski definition) is 2. The van der Waals surface area contributed by atoms with E-state index >= 15 is 0 Å². The van der Waals surface area contributed by atoms with Crippen molar-refractivity contribution in [3.63, 3.8) is 0 Å². The molecule has 2 aromatic heterocycles. The van der Waals surface area contributed by atoms with E-state index in [0.29, 0.717) is 5.69 Å². The summed E-state index contributed by atoms with van der Waals surface area (Å²) in [6.45, 7) is 1.66. The highest BCUT2D eigenvalue weighted by Crippen LogP contribution is 2.19. The number of anilines is 1. The molecule has 1 unspecified atom stereocenters. The van der Waals surface area contributed by atoms with Crippen molar-refractivity contribution < 1.29 is 4.79 Å². The van der Waals surface area contributed by atoms with Crippen LogP contribution in [0.25, 0.3) is 11.3 Å². The summed E-state index contributed by atoms with van der Waals surface area (Å²) < 4.78 is 0. The van der Waals surface area contributed by atoms with Gasteiger partial charge >= 0.3 is 0 Å². The van der Waals surface area contributed by atoms with Gasteiger partial charge in [0.05, 0.1) is 5.69 Å². The second-order valence-electron chi connectivity index (χ2n) is 6.13. The third-order valence-corrected chi connectivity index (χ3v) is 4.39. The third kappa shape index (κ3) is 3.38. The highest BCUT2D eigenvalue weighted by molar-refractivity contribution is 5.93. The predicted octanol–water partition coefficient (Wildman–Crippen LogP) is 2.48. The van der Waals surface area contributed by atoms with Gasteiger partial charge in [-0.05, 0) is 24.6 Å². The van der Waals surface area contributed by atoms with Crippen molar-refractivity contribution in [3.8, 4) is 11.3 Å². The summed E-state index contributed by atoms with van der Waals surface area (Å²) in [5.74, 6) is 0.828. The molecule has 4 rings (SSSR count). The smallest absolute Gasteiger partial charge is 0.269 e. The van der Waals surface area contributed by atoms with Gasteiger partial charge in [-0.3, -0.25) is 9.89 Å². The topological polar surface area (TPSA) is 73.9 Å².